The van der Waals surface area contributed by atoms with E-state index >= 15 is 0 Å². The van der Waals surface area contributed by atoms with Crippen LogP contribution in [0.4, 0.5) is 10.1 Å². The van der Waals surface area contributed by atoms with Gasteiger partial charge in [0.15, 0.2) is 0 Å². The van der Waals surface area contributed by atoms with E-state index in [1.54, 1.807) is 31.0 Å². The number of halogens is 1. The van der Waals surface area contributed by atoms with Gasteiger partial charge in [0, 0.05) is 30.5 Å². The van der Waals surface area contributed by atoms with Crippen LogP contribution in [0, 0.1) is 11.7 Å². The maximum absolute atomic E-state index is 14.9. The largest absolute Gasteiger partial charge is 0.460 e. The lowest BCUT2D eigenvalue weighted by Crippen LogP contribution is -2.46. The zero-order valence-electron chi connectivity index (χ0n) is 17.0. The Balaban J connectivity index is 2.00. The zero-order valence-corrected chi connectivity index (χ0v) is 17.8. The van der Waals surface area contributed by atoms with Crippen molar-refractivity contribution in [3.05, 3.63) is 29.6 Å². The highest BCUT2D eigenvalue weighted by Gasteiger charge is 2.49. The molecule has 1 saturated carbocycles. The molecule has 1 aromatic carbocycles. The molecular weight excluding hydrogens is 379 g/mol. The Morgan fingerprint density at radius 1 is 1.39 bits per heavy atom. The lowest BCUT2D eigenvalue weighted by Gasteiger charge is -2.47. The molecule has 1 aliphatic carbocycles. The molecule has 0 radical (unpaired) electrons. The number of hydrogen-bond donors (Lipinski definition) is 1. The Kier molecular flexibility index (Phi) is 6.05. The van der Waals surface area contributed by atoms with Crippen LogP contribution in [0.3, 0.4) is 0 Å². The third kappa shape index (κ3) is 4.51. The van der Waals surface area contributed by atoms with E-state index in [1.807, 2.05) is 20.8 Å². The standard InChI is InChI=1S/C21H29FN2O3S/c1-20(2,3)27-19(25)10-18-24-21(16-9-14(23)6-8-17(16)22)11-15(26-4)7-5-13(21)12-28-18/h6,8-9,13,15H,5,7,10-12,23H2,1-4H3/t13-,15-,21-/m0/s1. The molecule has 0 saturated heterocycles. The summed E-state index contributed by atoms with van der Waals surface area (Å²) in [5.74, 6) is 0.317. The van der Waals surface area contributed by atoms with E-state index in [4.69, 9.17) is 20.2 Å². The van der Waals surface area contributed by atoms with Crippen molar-refractivity contribution in [2.45, 2.75) is 63.7 Å². The number of methoxy groups -OCH3 is 1. The van der Waals surface area contributed by atoms with Crippen LogP contribution in [0.2, 0.25) is 0 Å². The second-order valence-electron chi connectivity index (χ2n) is 8.58. The number of carbonyl (C=O) groups excluding carboxylic acids is 1. The predicted octanol–water partition coefficient (Wildman–Crippen LogP) is 4.30. The molecule has 2 aliphatic rings. The number of nitrogens with two attached hydrogens (primary N) is 1. The Labute approximate surface area is 170 Å². The van der Waals surface area contributed by atoms with E-state index in [2.05, 4.69) is 0 Å². The van der Waals surface area contributed by atoms with Gasteiger partial charge in [-0.3, -0.25) is 9.79 Å². The number of thioether (sulfide) groups is 1. The molecule has 3 atom stereocenters. The molecule has 2 N–H and O–H groups in total. The highest BCUT2D eigenvalue weighted by atomic mass is 32.2. The van der Waals surface area contributed by atoms with E-state index < -0.39 is 11.1 Å². The average molecular weight is 409 g/mol. The zero-order chi connectivity index (χ0) is 20.5. The molecule has 1 fully saturated rings. The van der Waals surface area contributed by atoms with Crippen LogP contribution in [0.5, 0.6) is 0 Å². The number of benzene rings is 1. The summed E-state index contributed by atoms with van der Waals surface area (Å²) in [6.45, 7) is 5.51. The number of hydrogen-bond acceptors (Lipinski definition) is 6. The van der Waals surface area contributed by atoms with Crippen molar-refractivity contribution < 1.29 is 18.7 Å². The highest BCUT2D eigenvalue weighted by molar-refractivity contribution is 8.14. The van der Waals surface area contributed by atoms with E-state index in [9.17, 15) is 9.18 Å². The first-order chi connectivity index (χ1) is 13.1. The molecule has 0 spiro atoms. The van der Waals surface area contributed by atoms with Crippen molar-refractivity contribution in [3.63, 3.8) is 0 Å². The lowest BCUT2D eigenvalue weighted by atomic mass is 9.68. The quantitative estimate of drug-likeness (QED) is 0.594. The van der Waals surface area contributed by atoms with E-state index in [-0.39, 0.29) is 30.2 Å². The van der Waals surface area contributed by atoms with Crippen LogP contribution in [-0.2, 0) is 19.8 Å². The molecule has 154 valence electrons. The van der Waals surface area contributed by atoms with Gasteiger partial charge in [-0.2, -0.15) is 0 Å². The van der Waals surface area contributed by atoms with Gasteiger partial charge in [0.25, 0.3) is 0 Å². The van der Waals surface area contributed by atoms with Crippen LogP contribution in [0.1, 0.15) is 52.0 Å². The topological polar surface area (TPSA) is 73.9 Å². The molecule has 28 heavy (non-hydrogen) atoms. The molecule has 1 aliphatic heterocycles. The van der Waals surface area contributed by atoms with Gasteiger partial charge in [-0.1, -0.05) is 0 Å². The van der Waals surface area contributed by atoms with Crippen molar-refractivity contribution >= 4 is 28.5 Å². The first-order valence-electron chi connectivity index (χ1n) is 9.64. The van der Waals surface area contributed by atoms with E-state index in [0.29, 0.717) is 22.7 Å². The summed E-state index contributed by atoms with van der Waals surface area (Å²) in [5.41, 5.74) is 5.67. The fraction of sp³-hybridized carbons (Fsp3) is 0.619. The van der Waals surface area contributed by atoms with Crippen LogP contribution >= 0.6 is 11.8 Å². The number of rotatable bonds is 4. The van der Waals surface area contributed by atoms with Gasteiger partial charge < -0.3 is 15.2 Å². The van der Waals surface area contributed by atoms with E-state index in [1.165, 1.54) is 6.07 Å². The second kappa shape index (κ2) is 8.03. The van der Waals surface area contributed by atoms with Crippen molar-refractivity contribution in [1.29, 1.82) is 0 Å². The summed E-state index contributed by atoms with van der Waals surface area (Å²) in [6.07, 6.45) is 2.48. The number of anilines is 1. The molecule has 0 unspecified atom stereocenters. The minimum Gasteiger partial charge on any atom is -0.460 e. The fourth-order valence-electron chi connectivity index (χ4n) is 4.11. The molecule has 0 bridgehead atoms. The fourth-order valence-corrected chi connectivity index (χ4v) is 5.39. The van der Waals surface area contributed by atoms with Gasteiger partial charge >= 0.3 is 5.97 Å². The van der Waals surface area contributed by atoms with Crippen molar-refractivity contribution in [2.75, 3.05) is 18.6 Å². The maximum atomic E-state index is 14.9. The minimum absolute atomic E-state index is 0.00768. The molecule has 0 aromatic heterocycles. The summed E-state index contributed by atoms with van der Waals surface area (Å²) in [7, 11) is 1.68. The average Bonchev–Trinajstić information content (AvgIpc) is 2.61. The Hall–Kier alpha value is -1.60. The Bertz CT molecular complexity index is 777. The van der Waals surface area contributed by atoms with Gasteiger partial charge in [0.05, 0.1) is 23.1 Å². The molecule has 3 rings (SSSR count). The number of nitrogen functional groups attached to an aromatic ring is 1. The number of esters is 1. The number of ether oxygens (including phenoxy) is 2. The van der Waals surface area contributed by atoms with Crippen molar-refractivity contribution in [3.8, 4) is 0 Å². The summed E-state index contributed by atoms with van der Waals surface area (Å²) in [6, 6.07) is 4.65. The predicted molar refractivity (Wildman–Crippen MR) is 111 cm³/mol. The number of aliphatic imine (C=N–C) groups is 1. The van der Waals surface area contributed by atoms with Gasteiger partial charge in [0.1, 0.15) is 11.4 Å². The Morgan fingerprint density at radius 2 is 2.14 bits per heavy atom. The smallest absolute Gasteiger partial charge is 0.312 e. The van der Waals surface area contributed by atoms with E-state index in [0.717, 1.165) is 18.6 Å². The van der Waals surface area contributed by atoms with Crippen LogP contribution < -0.4 is 5.73 Å². The second-order valence-corrected chi connectivity index (χ2v) is 9.67. The summed E-state index contributed by atoms with van der Waals surface area (Å²) in [4.78, 5) is 17.3. The Morgan fingerprint density at radius 3 is 2.82 bits per heavy atom. The molecule has 5 nitrogen and oxygen atoms in total. The number of carbonyl (C=O) groups is 1. The van der Waals surface area contributed by atoms with Gasteiger partial charge in [-0.25, -0.2) is 4.39 Å². The third-order valence-corrected chi connectivity index (χ3v) is 6.47. The van der Waals surface area contributed by atoms with Crippen LogP contribution in [0.25, 0.3) is 0 Å². The van der Waals surface area contributed by atoms with Gasteiger partial charge in [0.2, 0.25) is 0 Å². The van der Waals surface area contributed by atoms with Crippen molar-refractivity contribution in [2.24, 2.45) is 10.9 Å². The molecule has 1 aromatic rings. The monoisotopic (exact) mass is 408 g/mol. The molecule has 7 heteroatoms. The lowest BCUT2D eigenvalue weighted by molar-refractivity contribution is -0.153. The normalized spacial score (nSPS) is 27.7. The van der Waals surface area contributed by atoms with Crippen molar-refractivity contribution in [1.82, 2.24) is 0 Å². The first kappa shape index (κ1) is 21.1. The molecular formula is C21H29FN2O3S. The summed E-state index contributed by atoms with van der Waals surface area (Å²) in [5, 5.41) is 0.684. The summed E-state index contributed by atoms with van der Waals surface area (Å²) >= 11 is 1.57. The third-order valence-electron chi connectivity index (χ3n) is 5.33. The van der Waals surface area contributed by atoms with Gasteiger partial charge in [-0.05, 0) is 57.7 Å². The summed E-state index contributed by atoms with van der Waals surface area (Å²) < 4.78 is 26.0. The molecule has 1 heterocycles. The van der Waals surface area contributed by atoms with Gasteiger partial charge in [-0.15, -0.1) is 11.8 Å². The van der Waals surface area contributed by atoms with Crippen LogP contribution in [-0.4, -0.2) is 35.6 Å². The van der Waals surface area contributed by atoms with Crippen LogP contribution in [0.15, 0.2) is 23.2 Å². The SMILES string of the molecule is CO[C@H]1CC[C@H]2CSC(CC(=O)OC(C)(C)C)=N[C@@]2(c2cc(N)ccc2F)C1. The highest BCUT2D eigenvalue weighted by Crippen LogP contribution is 2.51. The first-order valence-corrected chi connectivity index (χ1v) is 10.6. The minimum atomic E-state index is -0.763. The molecule has 0 amide bonds. The number of nitrogens with zero attached hydrogens (tertiary/aromatic N) is 1. The number of fused-ring (bicyclic) bond motifs is 1. The maximum Gasteiger partial charge on any atom is 0.312 e.